The minimum absolute atomic E-state index is 0.0287. The van der Waals surface area contributed by atoms with Crippen molar-refractivity contribution in [3.8, 4) is 11.5 Å². The number of anilines is 2. The molecule has 2 aliphatic rings. The Labute approximate surface area is 169 Å². The molecule has 1 N–H and O–H groups in total. The number of amides is 1. The zero-order chi connectivity index (χ0) is 19.3. The Kier molecular flexibility index (Phi) is 5.92. The second-order valence-electron chi connectivity index (χ2n) is 6.70. The first-order valence-corrected chi connectivity index (χ1v) is 10.4. The molecule has 0 bridgehead atoms. The summed E-state index contributed by atoms with van der Waals surface area (Å²) in [6, 6.07) is 13.8. The number of benzene rings is 2. The summed E-state index contributed by atoms with van der Waals surface area (Å²) in [5.41, 5.74) is 1.96. The molecule has 28 heavy (non-hydrogen) atoms. The minimum Gasteiger partial charge on any atom is -0.486 e. The number of ether oxygens (including phenoxy) is 3. The topological polar surface area (TPSA) is 60.0 Å². The second kappa shape index (κ2) is 8.75. The van der Waals surface area contributed by atoms with Crippen molar-refractivity contribution in [1.82, 2.24) is 0 Å². The quantitative estimate of drug-likeness (QED) is 0.776. The van der Waals surface area contributed by atoms with E-state index < -0.39 is 0 Å². The zero-order valence-electron chi connectivity index (χ0n) is 15.8. The van der Waals surface area contributed by atoms with Crippen LogP contribution in [-0.2, 0) is 9.53 Å². The molecule has 2 aromatic rings. The lowest BCUT2D eigenvalue weighted by molar-refractivity contribution is -0.115. The fourth-order valence-electron chi connectivity index (χ4n) is 3.18. The van der Waals surface area contributed by atoms with Gasteiger partial charge in [0.2, 0.25) is 5.91 Å². The van der Waals surface area contributed by atoms with Gasteiger partial charge in [0.15, 0.2) is 11.5 Å². The molecule has 1 fully saturated rings. The smallest absolute Gasteiger partial charge is 0.237 e. The fraction of sp³-hybridized carbons (Fsp3) is 0.381. The van der Waals surface area contributed by atoms with Crippen molar-refractivity contribution < 1.29 is 19.0 Å². The predicted octanol–water partition coefficient (Wildman–Crippen LogP) is 3.41. The minimum atomic E-state index is -0.235. The van der Waals surface area contributed by atoms with Crippen LogP contribution in [0.2, 0.25) is 0 Å². The molecule has 0 unspecified atom stereocenters. The van der Waals surface area contributed by atoms with Crippen molar-refractivity contribution in [2.24, 2.45) is 0 Å². The summed E-state index contributed by atoms with van der Waals surface area (Å²) in [6.45, 7) is 6.34. The van der Waals surface area contributed by atoms with Gasteiger partial charge in [-0.25, -0.2) is 0 Å². The Hall–Kier alpha value is -2.38. The third kappa shape index (κ3) is 4.54. The van der Waals surface area contributed by atoms with Crippen LogP contribution in [-0.4, -0.2) is 50.7 Å². The Morgan fingerprint density at radius 1 is 1.00 bits per heavy atom. The van der Waals surface area contributed by atoms with Crippen molar-refractivity contribution >= 4 is 29.0 Å². The molecule has 1 atom stereocenters. The number of fused-ring (bicyclic) bond motifs is 1. The van der Waals surface area contributed by atoms with E-state index in [1.807, 2.05) is 49.4 Å². The number of carbonyl (C=O) groups excluding carboxylic acids is 1. The molecule has 0 aromatic heterocycles. The lowest BCUT2D eigenvalue weighted by Gasteiger charge is -2.29. The first-order chi connectivity index (χ1) is 13.7. The maximum atomic E-state index is 12.6. The molecule has 148 valence electrons. The summed E-state index contributed by atoms with van der Waals surface area (Å²) in [5, 5.41) is 2.76. The second-order valence-corrected chi connectivity index (χ2v) is 8.12. The maximum absolute atomic E-state index is 12.6. The van der Waals surface area contributed by atoms with Crippen LogP contribution in [0.25, 0.3) is 0 Å². The summed E-state index contributed by atoms with van der Waals surface area (Å²) in [5.74, 6) is 1.47. The average Bonchev–Trinajstić information content (AvgIpc) is 2.75. The molecule has 1 amide bonds. The summed E-state index contributed by atoms with van der Waals surface area (Å²) in [7, 11) is 0. The van der Waals surface area contributed by atoms with Crippen molar-refractivity contribution in [3.05, 3.63) is 42.5 Å². The molecule has 2 aliphatic heterocycles. The Balaban J connectivity index is 1.34. The van der Waals surface area contributed by atoms with Crippen LogP contribution in [0.15, 0.2) is 47.4 Å². The maximum Gasteiger partial charge on any atom is 0.237 e. The number of thioether (sulfide) groups is 1. The van der Waals surface area contributed by atoms with Crippen LogP contribution in [0.1, 0.15) is 6.92 Å². The number of hydrogen-bond donors (Lipinski definition) is 1. The molecule has 2 heterocycles. The normalized spacial score (nSPS) is 17.1. The summed E-state index contributed by atoms with van der Waals surface area (Å²) < 4.78 is 16.5. The molecule has 4 rings (SSSR count). The fourth-order valence-corrected chi connectivity index (χ4v) is 4.07. The predicted molar refractivity (Wildman–Crippen MR) is 111 cm³/mol. The van der Waals surface area contributed by atoms with Gasteiger partial charge >= 0.3 is 0 Å². The monoisotopic (exact) mass is 400 g/mol. The molecular formula is C21H24N2O4S. The largest absolute Gasteiger partial charge is 0.486 e. The van der Waals surface area contributed by atoms with Gasteiger partial charge in [-0.2, -0.15) is 0 Å². The van der Waals surface area contributed by atoms with E-state index >= 15 is 0 Å². The Morgan fingerprint density at radius 2 is 1.71 bits per heavy atom. The van der Waals surface area contributed by atoms with Crippen LogP contribution in [0, 0.1) is 0 Å². The summed E-state index contributed by atoms with van der Waals surface area (Å²) >= 11 is 1.50. The first kappa shape index (κ1) is 19.0. The van der Waals surface area contributed by atoms with Gasteiger partial charge in [-0.05, 0) is 49.4 Å². The van der Waals surface area contributed by atoms with E-state index in [0.29, 0.717) is 13.2 Å². The lowest BCUT2D eigenvalue weighted by Crippen LogP contribution is -2.36. The van der Waals surface area contributed by atoms with E-state index in [2.05, 4.69) is 10.2 Å². The molecule has 2 aromatic carbocycles. The molecule has 0 spiro atoms. The van der Waals surface area contributed by atoms with Gasteiger partial charge in [0.25, 0.3) is 0 Å². The highest BCUT2D eigenvalue weighted by Gasteiger charge is 2.18. The third-order valence-electron chi connectivity index (χ3n) is 4.71. The summed E-state index contributed by atoms with van der Waals surface area (Å²) in [4.78, 5) is 15.8. The van der Waals surface area contributed by atoms with Gasteiger partial charge in [0.1, 0.15) is 13.2 Å². The van der Waals surface area contributed by atoms with Crippen LogP contribution in [0.3, 0.4) is 0 Å². The Morgan fingerprint density at radius 3 is 2.46 bits per heavy atom. The van der Waals surface area contributed by atoms with Gasteiger partial charge < -0.3 is 24.4 Å². The number of nitrogens with zero attached hydrogens (tertiary/aromatic N) is 1. The molecule has 1 saturated heterocycles. The van der Waals surface area contributed by atoms with Crippen LogP contribution in [0.4, 0.5) is 11.4 Å². The highest BCUT2D eigenvalue weighted by atomic mass is 32.2. The van der Waals surface area contributed by atoms with E-state index in [9.17, 15) is 4.79 Å². The number of rotatable bonds is 5. The van der Waals surface area contributed by atoms with Crippen molar-refractivity contribution in [3.63, 3.8) is 0 Å². The van der Waals surface area contributed by atoms with E-state index in [4.69, 9.17) is 14.2 Å². The highest BCUT2D eigenvalue weighted by molar-refractivity contribution is 8.00. The number of carbonyl (C=O) groups is 1. The first-order valence-electron chi connectivity index (χ1n) is 9.49. The highest BCUT2D eigenvalue weighted by Crippen LogP contribution is 2.35. The van der Waals surface area contributed by atoms with Crippen LogP contribution >= 0.6 is 11.8 Å². The van der Waals surface area contributed by atoms with Crippen molar-refractivity contribution in [2.45, 2.75) is 17.1 Å². The van der Waals surface area contributed by atoms with Gasteiger partial charge in [-0.15, -0.1) is 11.8 Å². The van der Waals surface area contributed by atoms with E-state index in [1.54, 1.807) is 0 Å². The number of morpholine rings is 1. The summed E-state index contributed by atoms with van der Waals surface area (Å²) in [6.07, 6.45) is 0. The molecule has 6 nitrogen and oxygen atoms in total. The van der Waals surface area contributed by atoms with Crippen LogP contribution in [0.5, 0.6) is 11.5 Å². The van der Waals surface area contributed by atoms with Gasteiger partial charge in [0, 0.05) is 29.4 Å². The molecule has 0 aliphatic carbocycles. The van der Waals surface area contributed by atoms with Crippen LogP contribution < -0.4 is 19.7 Å². The standard InChI is InChI=1S/C21H24N2O4S/c1-15(28-18-6-7-19-20(14-18)27-13-12-26-19)21(24)22-16-2-4-17(5-3-16)23-8-10-25-11-9-23/h2-7,14-15H,8-13H2,1H3,(H,22,24)/t15-/m0/s1. The molecule has 0 saturated carbocycles. The van der Waals surface area contributed by atoms with Gasteiger partial charge in [-0.1, -0.05) is 0 Å². The third-order valence-corrected chi connectivity index (χ3v) is 5.80. The van der Waals surface area contributed by atoms with Gasteiger partial charge in [-0.3, -0.25) is 4.79 Å². The number of hydrogen-bond acceptors (Lipinski definition) is 6. The van der Waals surface area contributed by atoms with E-state index in [1.165, 1.54) is 11.8 Å². The van der Waals surface area contributed by atoms with E-state index in [-0.39, 0.29) is 11.2 Å². The molecule has 0 radical (unpaired) electrons. The zero-order valence-corrected chi connectivity index (χ0v) is 16.7. The van der Waals surface area contributed by atoms with E-state index in [0.717, 1.165) is 54.1 Å². The molecule has 7 heteroatoms. The lowest BCUT2D eigenvalue weighted by atomic mass is 10.2. The van der Waals surface area contributed by atoms with Gasteiger partial charge in [0.05, 0.1) is 18.5 Å². The molecular weight excluding hydrogens is 376 g/mol. The Bertz CT molecular complexity index is 822. The van der Waals surface area contributed by atoms with Crippen molar-refractivity contribution in [2.75, 3.05) is 49.7 Å². The SMILES string of the molecule is C[C@H](Sc1ccc2c(c1)OCCO2)C(=O)Nc1ccc(N2CCOCC2)cc1. The van der Waals surface area contributed by atoms with Crippen molar-refractivity contribution in [1.29, 1.82) is 0 Å². The average molecular weight is 401 g/mol. The number of nitrogens with one attached hydrogen (secondary N) is 1.